The SMILES string of the molecule is [Ba].[O]=[Ge]([OH])[F]. The Balaban J connectivity index is 0. The van der Waals surface area contributed by atoms with Crippen LogP contribution in [0, 0.1) is 0 Å². The van der Waals surface area contributed by atoms with Gasteiger partial charge in [-0.05, 0) is 0 Å². The molecule has 2 radical (unpaired) electrons. The Bertz CT molecular complexity index is 32.6. The van der Waals surface area contributed by atoms with Gasteiger partial charge in [0.2, 0.25) is 0 Å². The van der Waals surface area contributed by atoms with Crippen molar-refractivity contribution >= 4 is 64.0 Å². The van der Waals surface area contributed by atoms with Crippen LogP contribution < -0.4 is 0 Å². The van der Waals surface area contributed by atoms with Crippen molar-refractivity contribution in [1.29, 1.82) is 0 Å². The number of hydrogen-bond donors (Lipinski definition) is 1. The molecule has 26 valence electrons. The van der Waals surface area contributed by atoms with Crippen molar-refractivity contribution in [3.05, 3.63) is 0 Å². The molecule has 0 saturated carbocycles. The van der Waals surface area contributed by atoms with Crippen LogP contribution in [-0.2, 0) is 3.78 Å². The molecule has 5 heteroatoms. The summed E-state index contributed by atoms with van der Waals surface area (Å²) >= 11 is -4.08. The van der Waals surface area contributed by atoms with Gasteiger partial charge in [0, 0.05) is 48.9 Å². The van der Waals surface area contributed by atoms with E-state index in [1.165, 1.54) is 0 Å². The molecule has 5 heavy (non-hydrogen) atoms. The van der Waals surface area contributed by atoms with E-state index in [1.54, 1.807) is 0 Å². The van der Waals surface area contributed by atoms with E-state index in [4.69, 9.17) is 7.91 Å². The minimum absolute atomic E-state index is 0. The first-order valence-corrected chi connectivity index (χ1v) is 3.20. The van der Waals surface area contributed by atoms with Gasteiger partial charge in [-0.2, -0.15) is 0 Å². The molecule has 0 heterocycles. The molecule has 0 unspecified atom stereocenters. The number of rotatable bonds is 0. The Morgan fingerprint density at radius 2 is 1.80 bits per heavy atom. The molecule has 0 atom stereocenters. The molecule has 0 saturated heterocycles. The Hall–Kier alpha value is 1.64. The average molecular weight is 262 g/mol. The van der Waals surface area contributed by atoms with Crippen LogP contribution in [0.5, 0.6) is 0 Å². The van der Waals surface area contributed by atoms with E-state index < -0.39 is 15.1 Å². The fraction of sp³-hybridized carbons (Fsp3) is 0. The van der Waals surface area contributed by atoms with E-state index in [0.717, 1.165) is 0 Å². The summed E-state index contributed by atoms with van der Waals surface area (Å²) in [5.41, 5.74) is 0. The monoisotopic (exact) mass is 264 g/mol. The Morgan fingerprint density at radius 3 is 1.80 bits per heavy atom. The van der Waals surface area contributed by atoms with Crippen molar-refractivity contribution < 1.29 is 11.4 Å². The molecular weight excluding hydrogens is 261 g/mol. The zero-order chi connectivity index (χ0) is 3.58. The van der Waals surface area contributed by atoms with Crippen molar-refractivity contribution in [2.75, 3.05) is 0 Å². The molecule has 0 spiro atoms. The molecule has 0 aromatic heterocycles. The quantitative estimate of drug-likeness (QED) is 0.567. The van der Waals surface area contributed by atoms with Crippen molar-refractivity contribution in [2.45, 2.75) is 0 Å². The first-order chi connectivity index (χ1) is 1.73. The Kier molecular flexibility index (Phi) is 11.1. The van der Waals surface area contributed by atoms with Crippen molar-refractivity contribution in [3.8, 4) is 0 Å². The van der Waals surface area contributed by atoms with E-state index in [-0.39, 0.29) is 48.9 Å². The second-order valence-electron chi connectivity index (χ2n) is 0.253. The maximum absolute atomic E-state index is 10.2. The second-order valence-corrected chi connectivity index (χ2v) is 1.31. The van der Waals surface area contributed by atoms with Gasteiger partial charge in [-0.1, -0.05) is 0 Å². The third kappa shape index (κ3) is 27.7. The third-order valence-electron chi connectivity index (χ3n) is 0. The fourth-order valence-electron chi connectivity index (χ4n) is 0. The van der Waals surface area contributed by atoms with E-state index in [1.807, 2.05) is 0 Å². The van der Waals surface area contributed by atoms with Gasteiger partial charge in [0.15, 0.2) is 0 Å². The molecule has 0 aromatic carbocycles. The standard InChI is InChI=1S/Ba.FGeHO2/c;1-2(3)4/h;3H. The van der Waals surface area contributed by atoms with Crippen LogP contribution >= 0.6 is 0 Å². The first-order valence-electron chi connectivity index (χ1n) is 0.617. The maximum atomic E-state index is 10.2. The fourth-order valence-corrected chi connectivity index (χ4v) is 0. The molecule has 2 nitrogen and oxygen atoms in total. The first kappa shape index (κ1) is 9.81. The van der Waals surface area contributed by atoms with Gasteiger partial charge in [-0.25, -0.2) is 0 Å². The Labute approximate surface area is 74.0 Å². The molecule has 0 fully saturated rings. The summed E-state index contributed by atoms with van der Waals surface area (Å²) in [7, 11) is 0. The van der Waals surface area contributed by atoms with Crippen LogP contribution in [0.2, 0.25) is 0 Å². The van der Waals surface area contributed by atoms with Gasteiger partial charge in [0.1, 0.15) is 0 Å². The molecule has 0 aromatic rings. The summed E-state index contributed by atoms with van der Waals surface area (Å²) in [6.45, 7) is 0. The van der Waals surface area contributed by atoms with Crippen LogP contribution in [0.4, 0.5) is 3.50 Å². The van der Waals surface area contributed by atoms with E-state index in [2.05, 4.69) is 0 Å². The molecular formula is HBaFGeO2. The van der Waals surface area contributed by atoms with E-state index in [0.29, 0.717) is 0 Å². The van der Waals surface area contributed by atoms with Crippen molar-refractivity contribution in [3.63, 3.8) is 0 Å². The summed E-state index contributed by atoms with van der Waals surface area (Å²) in [5, 5.41) is 0. The van der Waals surface area contributed by atoms with Crippen molar-refractivity contribution in [1.82, 2.24) is 0 Å². The van der Waals surface area contributed by atoms with Crippen LogP contribution in [0.25, 0.3) is 0 Å². The van der Waals surface area contributed by atoms with E-state index >= 15 is 0 Å². The second kappa shape index (κ2) is 5.64. The van der Waals surface area contributed by atoms with E-state index in [9.17, 15) is 3.50 Å². The molecule has 0 bridgehead atoms. The third-order valence-corrected chi connectivity index (χ3v) is 0. The van der Waals surface area contributed by atoms with Gasteiger partial charge < -0.3 is 0 Å². The van der Waals surface area contributed by atoms with Gasteiger partial charge in [-0.3, -0.25) is 0 Å². The van der Waals surface area contributed by atoms with Crippen LogP contribution in [0.15, 0.2) is 0 Å². The Morgan fingerprint density at radius 1 is 1.80 bits per heavy atom. The predicted molar refractivity (Wildman–Crippen MR) is 15.5 cm³/mol. The molecule has 0 rings (SSSR count). The van der Waals surface area contributed by atoms with Crippen LogP contribution in [0.1, 0.15) is 0 Å². The zero-order valence-corrected chi connectivity index (χ0v) is 8.98. The number of halogens is 1. The minimum atomic E-state index is -4.08. The average Bonchev–Trinajstić information content (AvgIpc) is 0.811. The topological polar surface area (TPSA) is 37.3 Å². The van der Waals surface area contributed by atoms with Crippen LogP contribution in [0.3, 0.4) is 0 Å². The summed E-state index contributed by atoms with van der Waals surface area (Å²) in [6, 6.07) is 0. The molecule has 0 aliphatic carbocycles. The molecule has 1 N–H and O–H groups in total. The zero-order valence-electron chi connectivity index (χ0n) is 2.44. The summed E-state index contributed by atoms with van der Waals surface area (Å²) in [5.74, 6) is 0. The summed E-state index contributed by atoms with van der Waals surface area (Å²) < 4.78 is 25.8. The van der Waals surface area contributed by atoms with Gasteiger partial charge in [-0.15, -0.1) is 0 Å². The van der Waals surface area contributed by atoms with Crippen molar-refractivity contribution in [2.24, 2.45) is 0 Å². The molecule has 0 aliphatic rings. The molecule has 0 amide bonds. The van der Waals surface area contributed by atoms with Gasteiger partial charge in [0.05, 0.1) is 0 Å². The van der Waals surface area contributed by atoms with Gasteiger partial charge >= 0.3 is 26.5 Å². The predicted octanol–water partition coefficient (Wildman–Crippen LogP) is -1.02. The molecule has 0 aliphatic heterocycles. The normalized spacial score (nSPS) is 5.00. The van der Waals surface area contributed by atoms with Crippen LogP contribution in [-0.4, -0.2) is 68.1 Å². The summed E-state index contributed by atoms with van der Waals surface area (Å²) in [6.07, 6.45) is 0. The summed E-state index contributed by atoms with van der Waals surface area (Å²) in [4.78, 5) is 0. The van der Waals surface area contributed by atoms with Gasteiger partial charge in [0.25, 0.3) is 0 Å². The number of hydrogen-bond acceptors (Lipinski definition) is 1.